The maximum atomic E-state index is 14.2. The molecule has 0 spiro atoms. The van der Waals surface area contributed by atoms with E-state index in [1.807, 2.05) is 44.2 Å². The van der Waals surface area contributed by atoms with Gasteiger partial charge in [0.2, 0.25) is 5.89 Å². The first-order chi connectivity index (χ1) is 14.5. The highest BCUT2D eigenvalue weighted by Crippen LogP contribution is 2.25. The van der Waals surface area contributed by atoms with Gasteiger partial charge in [-0.1, -0.05) is 54.2 Å². The number of carbonyl (C=O) groups is 1. The van der Waals surface area contributed by atoms with Gasteiger partial charge in [-0.3, -0.25) is 4.79 Å². The van der Waals surface area contributed by atoms with E-state index in [1.165, 1.54) is 17.8 Å². The van der Waals surface area contributed by atoms with E-state index in [1.54, 1.807) is 28.8 Å². The molecule has 4 aromatic rings. The van der Waals surface area contributed by atoms with Crippen molar-refractivity contribution < 1.29 is 13.6 Å². The zero-order valence-corrected chi connectivity index (χ0v) is 17.4. The number of aryl methyl sites for hydroxylation is 1. The highest BCUT2D eigenvalue weighted by molar-refractivity contribution is 7.99. The van der Waals surface area contributed by atoms with Crippen LogP contribution in [-0.4, -0.2) is 26.3 Å². The molecular weight excluding hydrogens is 401 g/mol. The number of Topliss-reactive ketones (excluding diaryl/α,β-unsaturated/α-hetero) is 1. The van der Waals surface area contributed by atoms with Crippen molar-refractivity contribution in [1.29, 1.82) is 0 Å². The van der Waals surface area contributed by atoms with E-state index >= 15 is 0 Å². The highest BCUT2D eigenvalue weighted by atomic mass is 32.2. The van der Waals surface area contributed by atoms with Crippen molar-refractivity contribution in [3.05, 3.63) is 94.9 Å². The standard InChI is InChI=1S/C23H20FN3O2S/c1-15-12-18(16(2)27(15)20-11-7-6-10-19(20)24)21(28)14-30-23-26-25-22(29-23)13-17-8-4-3-5-9-17/h3-12H,13-14H2,1-2H3. The van der Waals surface area contributed by atoms with Crippen LogP contribution in [0, 0.1) is 19.7 Å². The molecule has 0 aliphatic rings. The molecule has 0 N–H and O–H groups in total. The molecule has 30 heavy (non-hydrogen) atoms. The van der Waals surface area contributed by atoms with Crippen molar-refractivity contribution >= 4 is 17.5 Å². The van der Waals surface area contributed by atoms with Gasteiger partial charge in [0.05, 0.1) is 17.9 Å². The number of aromatic nitrogens is 3. The van der Waals surface area contributed by atoms with Crippen molar-refractivity contribution in [2.45, 2.75) is 25.5 Å². The number of halogens is 1. The lowest BCUT2D eigenvalue weighted by Gasteiger charge is -2.10. The molecule has 2 aromatic carbocycles. The third-order valence-electron chi connectivity index (χ3n) is 4.80. The Morgan fingerprint density at radius 3 is 2.57 bits per heavy atom. The molecule has 2 aromatic heterocycles. The number of para-hydroxylation sites is 1. The van der Waals surface area contributed by atoms with E-state index in [9.17, 15) is 9.18 Å². The summed E-state index contributed by atoms with van der Waals surface area (Å²) in [6.45, 7) is 3.68. The molecule has 152 valence electrons. The largest absolute Gasteiger partial charge is 0.416 e. The topological polar surface area (TPSA) is 60.9 Å². The van der Waals surface area contributed by atoms with Crippen molar-refractivity contribution in [2.75, 3.05) is 5.75 Å². The molecule has 2 heterocycles. The van der Waals surface area contributed by atoms with E-state index < -0.39 is 0 Å². The zero-order valence-electron chi connectivity index (χ0n) is 16.6. The van der Waals surface area contributed by atoms with Gasteiger partial charge >= 0.3 is 0 Å². The molecule has 0 fully saturated rings. The summed E-state index contributed by atoms with van der Waals surface area (Å²) in [6.07, 6.45) is 0.548. The van der Waals surface area contributed by atoms with Gasteiger partial charge in [-0.05, 0) is 37.6 Å². The molecule has 7 heteroatoms. The van der Waals surface area contributed by atoms with Gasteiger partial charge < -0.3 is 8.98 Å². The van der Waals surface area contributed by atoms with Crippen LogP contribution in [-0.2, 0) is 6.42 Å². The average molecular weight is 421 g/mol. The van der Waals surface area contributed by atoms with E-state index in [0.717, 1.165) is 11.3 Å². The van der Waals surface area contributed by atoms with Crippen LogP contribution >= 0.6 is 11.8 Å². The maximum absolute atomic E-state index is 14.2. The Morgan fingerprint density at radius 1 is 1.07 bits per heavy atom. The maximum Gasteiger partial charge on any atom is 0.277 e. The Morgan fingerprint density at radius 2 is 1.80 bits per heavy atom. The Labute approximate surface area is 177 Å². The summed E-state index contributed by atoms with van der Waals surface area (Å²) in [4.78, 5) is 12.8. The molecular formula is C23H20FN3O2S. The molecule has 0 aliphatic carbocycles. The minimum atomic E-state index is -0.329. The van der Waals surface area contributed by atoms with Crippen LogP contribution in [0.3, 0.4) is 0 Å². The van der Waals surface area contributed by atoms with Gasteiger partial charge in [0, 0.05) is 17.0 Å². The second-order valence-electron chi connectivity index (χ2n) is 6.91. The van der Waals surface area contributed by atoms with Crippen LogP contribution in [0.5, 0.6) is 0 Å². The number of hydrogen-bond donors (Lipinski definition) is 0. The van der Waals surface area contributed by atoms with E-state index in [2.05, 4.69) is 10.2 Å². The molecule has 0 saturated heterocycles. The van der Waals surface area contributed by atoms with Gasteiger partial charge in [0.25, 0.3) is 5.22 Å². The molecule has 0 amide bonds. The lowest BCUT2D eigenvalue weighted by molar-refractivity contribution is 0.102. The summed E-state index contributed by atoms with van der Waals surface area (Å²) in [7, 11) is 0. The van der Waals surface area contributed by atoms with Gasteiger partial charge in [-0.15, -0.1) is 10.2 Å². The van der Waals surface area contributed by atoms with Gasteiger partial charge in [-0.2, -0.15) is 0 Å². The van der Waals surface area contributed by atoms with Crippen LogP contribution in [0.1, 0.15) is 33.2 Å². The lowest BCUT2D eigenvalue weighted by Crippen LogP contribution is -2.06. The highest BCUT2D eigenvalue weighted by Gasteiger charge is 2.19. The van der Waals surface area contributed by atoms with Gasteiger partial charge in [0.15, 0.2) is 5.78 Å². The molecule has 0 aliphatic heterocycles. The van der Waals surface area contributed by atoms with E-state index in [-0.39, 0.29) is 17.4 Å². The minimum Gasteiger partial charge on any atom is -0.416 e. The number of benzene rings is 2. The number of hydrogen-bond acceptors (Lipinski definition) is 5. The van der Waals surface area contributed by atoms with Crippen molar-refractivity contribution in [1.82, 2.24) is 14.8 Å². The number of ketones is 1. The first kappa shape index (κ1) is 20.1. The fourth-order valence-electron chi connectivity index (χ4n) is 3.39. The second kappa shape index (κ2) is 8.67. The number of carbonyl (C=O) groups excluding carboxylic acids is 1. The van der Waals surface area contributed by atoms with Crippen molar-refractivity contribution in [3.63, 3.8) is 0 Å². The Bertz CT molecular complexity index is 1180. The molecule has 4 rings (SSSR count). The molecule has 0 unspecified atom stereocenters. The fourth-order valence-corrected chi connectivity index (χ4v) is 4.06. The van der Waals surface area contributed by atoms with Crippen molar-refractivity contribution in [2.24, 2.45) is 0 Å². The lowest BCUT2D eigenvalue weighted by atomic mass is 10.2. The van der Waals surface area contributed by atoms with Crippen LogP contribution in [0.4, 0.5) is 4.39 Å². The summed E-state index contributed by atoms with van der Waals surface area (Å²) in [5, 5.41) is 8.43. The minimum absolute atomic E-state index is 0.0708. The first-order valence-corrected chi connectivity index (χ1v) is 10.5. The second-order valence-corrected chi connectivity index (χ2v) is 7.83. The third-order valence-corrected chi connectivity index (χ3v) is 5.62. The molecule has 0 saturated carbocycles. The SMILES string of the molecule is Cc1cc(C(=O)CSc2nnc(Cc3ccccc3)o2)c(C)n1-c1ccccc1F. The fraction of sp³-hybridized carbons (Fsp3) is 0.174. The van der Waals surface area contributed by atoms with Crippen LogP contribution in [0.15, 0.2) is 70.3 Å². The Hall–Kier alpha value is -3.19. The Kier molecular flexibility index (Phi) is 5.81. The predicted molar refractivity (Wildman–Crippen MR) is 114 cm³/mol. The summed E-state index contributed by atoms with van der Waals surface area (Å²) in [5.74, 6) is 0.269. The smallest absolute Gasteiger partial charge is 0.277 e. The normalized spacial score (nSPS) is 11.0. The summed E-state index contributed by atoms with van der Waals surface area (Å²) in [6, 6.07) is 18.2. The third kappa shape index (κ3) is 4.21. The predicted octanol–water partition coefficient (Wildman–Crippen LogP) is 5.18. The molecule has 0 bridgehead atoms. The summed E-state index contributed by atoms with van der Waals surface area (Å²) in [5.41, 5.74) is 3.58. The van der Waals surface area contributed by atoms with Crippen LogP contribution < -0.4 is 0 Å². The Balaban J connectivity index is 1.45. The van der Waals surface area contributed by atoms with Crippen LogP contribution in [0.2, 0.25) is 0 Å². The quantitative estimate of drug-likeness (QED) is 0.304. The zero-order chi connectivity index (χ0) is 21.1. The number of rotatable bonds is 7. The van der Waals surface area contributed by atoms with E-state index in [0.29, 0.717) is 34.5 Å². The molecule has 0 radical (unpaired) electrons. The number of thioether (sulfide) groups is 1. The summed E-state index contributed by atoms with van der Waals surface area (Å²) >= 11 is 1.20. The summed E-state index contributed by atoms with van der Waals surface area (Å²) < 4.78 is 21.6. The van der Waals surface area contributed by atoms with E-state index in [4.69, 9.17) is 4.42 Å². The molecule has 0 atom stereocenters. The molecule has 5 nitrogen and oxygen atoms in total. The van der Waals surface area contributed by atoms with Gasteiger partial charge in [-0.25, -0.2) is 4.39 Å². The monoisotopic (exact) mass is 421 g/mol. The van der Waals surface area contributed by atoms with Crippen molar-refractivity contribution in [3.8, 4) is 5.69 Å². The van der Waals surface area contributed by atoms with Crippen LogP contribution in [0.25, 0.3) is 5.69 Å². The average Bonchev–Trinajstić information content (AvgIpc) is 3.31. The van der Waals surface area contributed by atoms with Gasteiger partial charge in [0.1, 0.15) is 5.82 Å². The number of nitrogens with zero attached hydrogens (tertiary/aromatic N) is 3. The first-order valence-electron chi connectivity index (χ1n) is 9.49.